The van der Waals surface area contributed by atoms with Gasteiger partial charge in [-0.3, -0.25) is 9.59 Å². The number of nitrogens with one attached hydrogen (secondary N) is 1. The Morgan fingerprint density at radius 2 is 1.90 bits per heavy atom. The van der Waals surface area contributed by atoms with Crippen LogP contribution in [0.25, 0.3) is 10.6 Å². The third kappa shape index (κ3) is 4.54. The van der Waals surface area contributed by atoms with Gasteiger partial charge in [0.1, 0.15) is 11.2 Å². The maximum atomic E-state index is 12.9. The van der Waals surface area contributed by atoms with E-state index in [4.69, 9.17) is 9.47 Å². The molecule has 0 fully saturated rings. The van der Waals surface area contributed by atoms with Gasteiger partial charge < -0.3 is 14.8 Å². The molecule has 0 unspecified atom stereocenters. The molecule has 2 heterocycles. The van der Waals surface area contributed by atoms with Crippen molar-refractivity contribution in [3.05, 3.63) is 63.8 Å². The first-order chi connectivity index (χ1) is 14.4. The second-order valence-electron chi connectivity index (χ2n) is 7.20. The Kier molecular flexibility index (Phi) is 6.56. The number of rotatable bonds is 8. The molecule has 0 atom stereocenters. The van der Waals surface area contributed by atoms with Crippen molar-refractivity contribution in [3.8, 4) is 22.1 Å². The molecule has 0 saturated carbocycles. The Labute approximate surface area is 179 Å². The second kappa shape index (κ2) is 9.13. The van der Waals surface area contributed by atoms with Crippen LogP contribution in [-0.2, 0) is 16.8 Å². The highest BCUT2D eigenvalue weighted by molar-refractivity contribution is 7.13. The van der Waals surface area contributed by atoms with Crippen LogP contribution in [0.4, 0.5) is 0 Å². The summed E-state index contributed by atoms with van der Waals surface area (Å²) in [6, 6.07) is 12.6. The van der Waals surface area contributed by atoms with E-state index in [1.165, 1.54) is 22.1 Å². The number of benzene rings is 1. The van der Waals surface area contributed by atoms with E-state index in [2.05, 4.69) is 10.4 Å². The molecule has 30 heavy (non-hydrogen) atoms. The van der Waals surface area contributed by atoms with Crippen molar-refractivity contribution in [2.45, 2.75) is 25.8 Å². The summed E-state index contributed by atoms with van der Waals surface area (Å²) in [5, 5.41) is 9.29. The molecule has 3 rings (SSSR count). The largest absolute Gasteiger partial charge is 0.493 e. The molecule has 7 nitrogen and oxygen atoms in total. The van der Waals surface area contributed by atoms with E-state index in [9.17, 15) is 9.59 Å². The minimum atomic E-state index is -1.14. The smallest absolute Gasteiger partial charge is 0.267 e. The van der Waals surface area contributed by atoms with Crippen LogP contribution >= 0.6 is 11.3 Å². The Morgan fingerprint density at radius 1 is 1.13 bits per heavy atom. The number of carbonyl (C=O) groups is 1. The fourth-order valence-corrected chi connectivity index (χ4v) is 3.73. The SMILES string of the molecule is COc1ccc(CCNC(=O)C(C)(C)n2nc(-c3cccs3)ccc2=O)cc1OC. The summed E-state index contributed by atoms with van der Waals surface area (Å²) in [5.74, 6) is 1.02. The number of thiophene rings is 1. The molecular weight excluding hydrogens is 402 g/mol. The van der Waals surface area contributed by atoms with Crippen molar-refractivity contribution < 1.29 is 14.3 Å². The topological polar surface area (TPSA) is 82.5 Å². The summed E-state index contributed by atoms with van der Waals surface area (Å²) in [5.41, 5.74) is 0.203. The lowest BCUT2D eigenvalue weighted by atomic mass is 10.0. The number of aromatic nitrogens is 2. The van der Waals surface area contributed by atoms with Crippen molar-refractivity contribution in [2.24, 2.45) is 0 Å². The number of methoxy groups -OCH3 is 2. The first kappa shape index (κ1) is 21.6. The number of hydrogen-bond acceptors (Lipinski definition) is 6. The van der Waals surface area contributed by atoms with Gasteiger partial charge in [-0.2, -0.15) is 5.10 Å². The summed E-state index contributed by atoms with van der Waals surface area (Å²) in [6.45, 7) is 3.79. The molecule has 0 radical (unpaired) electrons. The molecular formula is C22H25N3O4S. The highest BCUT2D eigenvalue weighted by Crippen LogP contribution is 2.27. The van der Waals surface area contributed by atoms with Crippen LogP contribution in [0.2, 0.25) is 0 Å². The molecule has 3 aromatic rings. The maximum absolute atomic E-state index is 12.9. The zero-order valence-electron chi connectivity index (χ0n) is 17.5. The van der Waals surface area contributed by atoms with Crippen LogP contribution < -0.4 is 20.3 Å². The minimum Gasteiger partial charge on any atom is -0.493 e. The third-order valence-electron chi connectivity index (χ3n) is 4.81. The molecule has 1 N–H and O–H groups in total. The summed E-state index contributed by atoms with van der Waals surface area (Å²) in [4.78, 5) is 26.2. The zero-order chi connectivity index (χ0) is 21.7. The molecule has 1 amide bonds. The maximum Gasteiger partial charge on any atom is 0.267 e. The molecule has 0 aliphatic heterocycles. The molecule has 2 aromatic heterocycles. The van der Waals surface area contributed by atoms with Gasteiger partial charge in [-0.25, -0.2) is 4.68 Å². The van der Waals surface area contributed by atoms with Crippen LogP contribution in [0.5, 0.6) is 11.5 Å². The monoisotopic (exact) mass is 427 g/mol. The fourth-order valence-electron chi connectivity index (χ4n) is 3.04. The van der Waals surface area contributed by atoms with Gasteiger partial charge in [0, 0.05) is 12.6 Å². The van der Waals surface area contributed by atoms with Gasteiger partial charge in [-0.15, -0.1) is 11.3 Å². The predicted molar refractivity (Wildman–Crippen MR) is 117 cm³/mol. The Bertz CT molecular complexity index is 1070. The van der Waals surface area contributed by atoms with Crippen molar-refractivity contribution >= 4 is 17.2 Å². The van der Waals surface area contributed by atoms with Gasteiger partial charge in [-0.05, 0) is 55.5 Å². The quantitative estimate of drug-likeness (QED) is 0.597. The summed E-state index contributed by atoms with van der Waals surface area (Å²) in [7, 11) is 3.17. The van der Waals surface area contributed by atoms with Gasteiger partial charge in [0.15, 0.2) is 11.5 Å². The van der Waals surface area contributed by atoms with Crippen molar-refractivity contribution in [1.29, 1.82) is 0 Å². The summed E-state index contributed by atoms with van der Waals surface area (Å²) in [6.07, 6.45) is 0.611. The Morgan fingerprint density at radius 3 is 2.57 bits per heavy atom. The van der Waals surface area contributed by atoms with Crippen LogP contribution in [0.1, 0.15) is 19.4 Å². The second-order valence-corrected chi connectivity index (χ2v) is 8.15. The van der Waals surface area contributed by atoms with Crippen LogP contribution in [0, 0.1) is 0 Å². The highest BCUT2D eigenvalue weighted by atomic mass is 32.1. The lowest BCUT2D eigenvalue weighted by molar-refractivity contribution is -0.128. The van der Waals surface area contributed by atoms with E-state index in [0.717, 1.165) is 10.4 Å². The highest BCUT2D eigenvalue weighted by Gasteiger charge is 2.32. The van der Waals surface area contributed by atoms with Crippen molar-refractivity contribution in [2.75, 3.05) is 20.8 Å². The lowest BCUT2D eigenvalue weighted by Gasteiger charge is -2.25. The van der Waals surface area contributed by atoms with E-state index in [0.29, 0.717) is 30.2 Å². The molecule has 8 heteroatoms. The lowest BCUT2D eigenvalue weighted by Crippen LogP contribution is -2.50. The zero-order valence-corrected chi connectivity index (χ0v) is 18.3. The van der Waals surface area contributed by atoms with Gasteiger partial charge >= 0.3 is 0 Å². The molecule has 1 aromatic carbocycles. The molecule has 0 aliphatic rings. The van der Waals surface area contributed by atoms with E-state index in [1.54, 1.807) is 34.1 Å². The van der Waals surface area contributed by atoms with E-state index in [-0.39, 0.29) is 11.5 Å². The standard InChI is InChI=1S/C22H25N3O4S/c1-22(2,25-20(26)10-8-16(24-25)19-6-5-13-30-19)21(27)23-12-11-15-7-9-17(28-3)18(14-15)29-4/h5-10,13-14H,11-12H2,1-4H3,(H,23,27). The fraction of sp³-hybridized carbons (Fsp3) is 0.318. The van der Waals surface area contributed by atoms with Crippen LogP contribution in [0.15, 0.2) is 52.6 Å². The van der Waals surface area contributed by atoms with Gasteiger partial charge in [0.05, 0.1) is 19.1 Å². The summed E-state index contributed by atoms with van der Waals surface area (Å²) >= 11 is 1.53. The number of amides is 1. The van der Waals surface area contributed by atoms with Gasteiger partial charge in [0.25, 0.3) is 5.56 Å². The first-order valence-electron chi connectivity index (χ1n) is 9.50. The third-order valence-corrected chi connectivity index (χ3v) is 5.70. The van der Waals surface area contributed by atoms with E-state index in [1.807, 2.05) is 35.7 Å². The molecule has 0 saturated heterocycles. The number of hydrogen-bond donors (Lipinski definition) is 1. The number of nitrogens with zero attached hydrogens (tertiary/aromatic N) is 2. The van der Waals surface area contributed by atoms with Gasteiger partial charge in [-0.1, -0.05) is 12.1 Å². The molecule has 0 spiro atoms. The Balaban J connectivity index is 1.71. The van der Waals surface area contributed by atoms with E-state index >= 15 is 0 Å². The van der Waals surface area contributed by atoms with Gasteiger partial charge in [0.2, 0.25) is 5.91 Å². The van der Waals surface area contributed by atoms with E-state index < -0.39 is 5.54 Å². The normalized spacial score (nSPS) is 11.2. The molecule has 158 valence electrons. The van der Waals surface area contributed by atoms with Crippen molar-refractivity contribution in [1.82, 2.24) is 15.1 Å². The minimum absolute atomic E-state index is 0.277. The first-order valence-corrected chi connectivity index (χ1v) is 10.4. The molecule has 0 aliphatic carbocycles. The number of carbonyl (C=O) groups excluding carboxylic acids is 1. The van der Waals surface area contributed by atoms with Crippen LogP contribution in [-0.4, -0.2) is 36.5 Å². The van der Waals surface area contributed by atoms with Crippen molar-refractivity contribution in [3.63, 3.8) is 0 Å². The summed E-state index contributed by atoms with van der Waals surface area (Å²) < 4.78 is 11.8. The Hall–Kier alpha value is -3.13. The average Bonchev–Trinajstić information content (AvgIpc) is 3.28. The molecule has 0 bridgehead atoms. The van der Waals surface area contributed by atoms with Crippen LogP contribution in [0.3, 0.4) is 0 Å². The number of ether oxygens (including phenoxy) is 2. The predicted octanol–water partition coefficient (Wildman–Crippen LogP) is 3.08. The average molecular weight is 428 g/mol.